The fourth-order valence-electron chi connectivity index (χ4n) is 2.57. The highest BCUT2D eigenvalue weighted by molar-refractivity contribution is 5.97. The minimum atomic E-state index is -0.479. The summed E-state index contributed by atoms with van der Waals surface area (Å²) in [6.45, 7) is 2.56. The number of rotatable bonds is 5. The first-order valence-corrected chi connectivity index (χ1v) is 8.22. The monoisotopic (exact) mass is 344 g/mol. The van der Waals surface area contributed by atoms with Gasteiger partial charge in [0.05, 0.1) is 0 Å². The number of ether oxygens (including phenoxy) is 1. The van der Waals surface area contributed by atoms with Crippen molar-refractivity contribution in [2.24, 2.45) is 0 Å². The number of hydrogen-bond donors (Lipinski definition) is 2. The summed E-state index contributed by atoms with van der Waals surface area (Å²) in [5.74, 6) is 1.13. The van der Waals surface area contributed by atoms with Gasteiger partial charge in [-0.25, -0.2) is 0 Å². The van der Waals surface area contributed by atoms with Crippen molar-refractivity contribution in [1.29, 1.82) is 0 Å². The number of benzene rings is 1. The molecule has 132 valence electrons. The molecule has 1 fully saturated rings. The van der Waals surface area contributed by atoms with Gasteiger partial charge in [-0.1, -0.05) is 5.16 Å². The second-order valence-corrected chi connectivity index (χ2v) is 5.86. The number of amides is 2. The van der Waals surface area contributed by atoms with Gasteiger partial charge in [0.25, 0.3) is 5.91 Å². The lowest BCUT2D eigenvalue weighted by Gasteiger charge is -2.15. The van der Waals surface area contributed by atoms with E-state index in [9.17, 15) is 9.59 Å². The Balaban J connectivity index is 1.55. The van der Waals surface area contributed by atoms with Crippen LogP contribution in [0.25, 0.3) is 0 Å². The molecule has 2 amide bonds. The quantitative estimate of drug-likeness (QED) is 0.848. The van der Waals surface area contributed by atoms with Crippen LogP contribution in [-0.4, -0.2) is 34.5 Å². The predicted molar refractivity (Wildman–Crippen MR) is 87.9 cm³/mol. The summed E-state index contributed by atoms with van der Waals surface area (Å²) >= 11 is 0. The Hall–Kier alpha value is -2.90. The first-order chi connectivity index (χ1) is 12.1. The summed E-state index contributed by atoms with van der Waals surface area (Å²) in [7, 11) is 0. The van der Waals surface area contributed by atoms with E-state index in [0.29, 0.717) is 36.0 Å². The average Bonchev–Trinajstić information content (AvgIpc) is 2.93. The highest BCUT2D eigenvalue weighted by atomic mass is 16.5. The SMILES string of the molecule is Cc1nc(COc2ccc(C(=O)NC3CCCCNC3=O)cc2)no1. The second-order valence-electron chi connectivity index (χ2n) is 5.86. The molecule has 2 N–H and O–H groups in total. The van der Waals surface area contributed by atoms with Gasteiger partial charge in [-0.05, 0) is 43.5 Å². The lowest BCUT2D eigenvalue weighted by molar-refractivity contribution is -0.122. The number of hydrogen-bond acceptors (Lipinski definition) is 6. The van der Waals surface area contributed by atoms with Crippen LogP contribution in [-0.2, 0) is 11.4 Å². The number of carbonyl (C=O) groups is 2. The molecule has 0 spiro atoms. The Morgan fingerprint density at radius 1 is 1.36 bits per heavy atom. The van der Waals surface area contributed by atoms with Gasteiger partial charge in [0, 0.05) is 19.0 Å². The van der Waals surface area contributed by atoms with Crippen molar-refractivity contribution < 1.29 is 18.8 Å². The number of aryl methyl sites for hydroxylation is 1. The molecule has 0 aliphatic carbocycles. The zero-order valence-corrected chi connectivity index (χ0v) is 13.9. The molecule has 1 saturated heterocycles. The van der Waals surface area contributed by atoms with E-state index in [1.54, 1.807) is 31.2 Å². The van der Waals surface area contributed by atoms with Crippen LogP contribution >= 0.6 is 0 Å². The third-order valence-electron chi connectivity index (χ3n) is 3.89. The van der Waals surface area contributed by atoms with E-state index in [2.05, 4.69) is 20.8 Å². The van der Waals surface area contributed by atoms with Gasteiger partial charge in [-0.2, -0.15) is 4.98 Å². The molecule has 0 radical (unpaired) electrons. The predicted octanol–water partition coefficient (Wildman–Crippen LogP) is 1.36. The van der Waals surface area contributed by atoms with Crippen molar-refractivity contribution in [3.63, 3.8) is 0 Å². The molecule has 3 rings (SSSR count). The standard InChI is InChI=1S/C17H20N4O4/c1-11-19-15(21-25-11)10-24-13-7-5-12(6-8-13)16(22)20-14-4-2-3-9-18-17(14)23/h5-8,14H,2-4,9-10H2,1H3,(H,18,23)(H,20,22). The van der Waals surface area contributed by atoms with E-state index in [1.165, 1.54) is 0 Å². The maximum atomic E-state index is 12.3. The zero-order chi connectivity index (χ0) is 17.6. The molecule has 0 bridgehead atoms. The number of carbonyl (C=O) groups excluding carboxylic acids is 2. The summed E-state index contributed by atoms with van der Waals surface area (Å²) < 4.78 is 10.4. The van der Waals surface area contributed by atoms with Crippen LogP contribution in [0.2, 0.25) is 0 Å². The first-order valence-electron chi connectivity index (χ1n) is 8.22. The fourth-order valence-corrected chi connectivity index (χ4v) is 2.57. The normalized spacial score (nSPS) is 17.5. The fraction of sp³-hybridized carbons (Fsp3) is 0.412. The van der Waals surface area contributed by atoms with Crippen LogP contribution in [0.15, 0.2) is 28.8 Å². The van der Waals surface area contributed by atoms with Crippen LogP contribution in [0.3, 0.4) is 0 Å². The lowest BCUT2D eigenvalue weighted by Crippen LogP contribution is -2.45. The van der Waals surface area contributed by atoms with Crippen LogP contribution in [0.5, 0.6) is 5.75 Å². The van der Waals surface area contributed by atoms with Gasteiger partial charge in [0.15, 0.2) is 6.61 Å². The van der Waals surface area contributed by atoms with Crippen molar-refractivity contribution in [1.82, 2.24) is 20.8 Å². The van der Waals surface area contributed by atoms with Crippen LogP contribution in [0.1, 0.15) is 41.3 Å². The maximum Gasteiger partial charge on any atom is 0.251 e. The molecule has 1 aromatic heterocycles. The average molecular weight is 344 g/mol. The van der Waals surface area contributed by atoms with Crippen LogP contribution < -0.4 is 15.4 Å². The number of aromatic nitrogens is 2. The summed E-state index contributed by atoms with van der Waals surface area (Å²) in [5, 5.41) is 9.33. The van der Waals surface area contributed by atoms with Crippen molar-refractivity contribution in [3.05, 3.63) is 41.5 Å². The Morgan fingerprint density at radius 2 is 2.16 bits per heavy atom. The van der Waals surface area contributed by atoms with Gasteiger partial charge >= 0.3 is 0 Å². The topological polar surface area (TPSA) is 106 Å². The lowest BCUT2D eigenvalue weighted by atomic mass is 10.1. The molecule has 1 atom stereocenters. The van der Waals surface area contributed by atoms with Crippen LogP contribution in [0, 0.1) is 6.92 Å². The highest BCUT2D eigenvalue weighted by Gasteiger charge is 2.22. The molecule has 2 heterocycles. The summed E-state index contributed by atoms with van der Waals surface area (Å²) in [4.78, 5) is 28.2. The smallest absolute Gasteiger partial charge is 0.251 e. The van der Waals surface area contributed by atoms with Gasteiger partial charge in [0.2, 0.25) is 17.6 Å². The maximum absolute atomic E-state index is 12.3. The van der Waals surface area contributed by atoms with E-state index in [0.717, 1.165) is 12.8 Å². The van der Waals surface area contributed by atoms with Crippen LogP contribution in [0.4, 0.5) is 0 Å². The summed E-state index contributed by atoms with van der Waals surface area (Å²) in [6, 6.07) is 6.21. The molecule has 2 aromatic rings. The molecule has 25 heavy (non-hydrogen) atoms. The minimum Gasteiger partial charge on any atom is -0.485 e. The van der Waals surface area contributed by atoms with Gasteiger partial charge in [-0.15, -0.1) is 0 Å². The van der Waals surface area contributed by atoms with E-state index < -0.39 is 6.04 Å². The van der Waals surface area contributed by atoms with Gasteiger partial charge in [0.1, 0.15) is 11.8 Å². The molecular weight excluding hydrogens is 324 g/mol. The zero-order valence-electron chi connectivity index (χ0n) is 13.9. The van der Waals surface area contributed by atoms with Crippen molar-refractivity contribution in [2.45, 2.75) is 38.8 Å². The second kappa shape index (κ2) is 7.78. The molecule has 1 aromatic carbocycles. The highest BCUT2D eigenvalue weighted by Crippen LogP contribution is 2.14. The largest absolute Gasteiger partial charge is 0.485 e. The molecule has 1 unspecified atom stereocenters. The third kappa shape index (κ3) is 4.56. The molecule has 8 heteroatoms. The summed E-state index contributed by atoms with van der Waals surface area (Å²) in [6.07, 6.45) is 2.50. The van der Waals surface area contributed by atoms with E-state index in [1.807, 2.05) is 0 Å². The van der Waals surface area contributed by atoms with Gasteiger partial charge < -0.3 is 19.9 Å². The Kier molecular flexibility index (Phi) is 5.27. The summed E-state index contributed by atoms with van der Waals surface area (Å²) in [5.41, 5.74) is 0.472. The van der Waals surface area contributed by atoms with E-state index in [4.69, 9.17) is 9.26 Å². The third-order valence-corrected chi connectivity index (χ3v) is 3.89. The molecule has 1 aliphatic rings. The molecule has 0 saturated carbocycles. The minimum absolute atomic E-state index is 0.124. The number of nitrogens with one attached hydrogen (secondary N) is 2. The Morgan fingerprint density at radius 3 is 2.88 bits per heavy atom. The first kappa shape index (κ1) is 16.9. The Labute approximate surface area is 144 Å². The molecular formula is C17H20N4O4. The van der Waals surface area contributed by atoms with Crippen molar-refractivity contribution in [3.8, 4) is 5.75 Å². The van der Waals surface area contributed by atoms with Crippen molar-refractivity contribution >= 4 is 11.8 Å². The van der Waals surface area contributed by atoms with E-state index >= 15 is 0 Å². The number of nitrogens with zero attached hydrogens (tertiary/aromatic N) is 2. The van der Waals surface area contributed by atoms with Crippen molar-refractivity contribution in [2.75, 3.05) is 6.54 Å². The van der Waals surface area contributed by atoms with Gasteiger partial charge in [-0.3, -0.25) is 9.59 Å². The Bertz CT molecular complexity index is 741. The van der Waals surface area contributed by atoms with E-state index in [-0.39, 0.29) is 18.4 Å². The molecule has 8 nitrogen and oxygen atoms in total. The molecule has 1 aliphatic heterocycles.